The second-order valence-corrected chi connectivity index (χ2v) is 12.4. The van der Waals surface area contributed by atoms with E-state index in [-0.39, 0.29) is 17.6 Å². The zero-order valence-corrected chi connectivity index (χ0v) is 27.2. The minimum absolute atomic E-state index is 0.00291. The molecular formula is C33H33F3N6O2S2. The number of benzene rings is 3. The van der Waals surface area contributed by atoms with Crippen molar-refractivity contribution in [2.75, 3.05) is 17.2 Å². The van der Waals surface area contributed by atoms with Gasteiger partial charge in [0.1, 0.15) is 12.1 Å². The van der Waals surface area contributed by atoms with Gasteiger partial charge in [-0.2, -0.15) is 4.99 Å². The Bertz CT molecular complexity index is 1740. The van der Waals surface area contributed by atoms with Crippen molar-refractivity contribution in [3.8, 4) is 22.8 Å². The maximum atomic E-state index is 12.8. The Morgan fingerprint density at radius 3 is 2.63 bits per heavy atom. The fourth-order valence-electron chi connectivity index (χ4n) is 4.98. The predicted octanol–water partition coefficient (Wildman–Crippen LogP) is 7.60. The number of carbonyl (C=O) groups is 1. The number of aryl methyl sites for hydroxylation is 2. The Labute approximate surface area is 275 Å². The summed E-state index contributed by atoms with van der Waals surface area (Å²) in [5, 5.41) is 8.65. The number of aromatic nitrogens is 3. The number of thioether (sulfide) groups is 1. The Hall–Kier alpha value is -4.23. The van der Waals surface area contributed by atoms with Crippen molar-refractivity contribution in [3.05, 3.63) is 89.7 Å². The molecule has 1 saturated heterocycles. The number of thiocarbonyl (C=S) groups is 1. The van der Waals surface area contributed by atoms with Gasteiger partial charge in [-0.15, -0.1) is 18.3 Å². The highest BCUT2D eigenvalue weighted by Crippen LogP contribution is 2.34. The van der Waals surface area contributed by atoms with E-state index < -0.39 is 6.36 Å². The van der Waals surface area contributed by atoms with Gasteiger partial charge < -0.3 is 10.1 Å². The Balaban J connectivity index is 1.13. The molecule has 0 atom stereocenters. The number of unbranched alkanes of at least 4 members (excludes halogenated alkanes) is 1. The van der Waals surface area contributed by atoms with Crippen LogP contribution in [-0.2, 0) is 11.2 Å². The van der Waals surface area contributed by atoms with Crippen LogP contribution < -0.4 is 15.0 Å². The quantitative estimate of drug-likeness (QED) is 0.138. The molecule has 1 aliphatic heterocycles. The van der Waals surface area contributed by atoms with Gasteiger partial charge in [0, 0.05) is 12.1 Å². The second kappa shape index (κ2) is 14.5. The molecule has 1 fully saturated rings. The lowest BCUT2D eigenvalue weighted by molar-refractivity contribution is -0.274. The maximum absolute atomic E-state index is 12.8. The van der Waals surface area contributed by atoms with Gasteiger partial charge in [0.2, 0.25) is 5.91 Å². The molecule has 0 spiro atoms. The van der Waals surface area contributed by atoms with E-state index in [9.17, 15) is 18.0 Å². The second-order valence-electron chi connectivity index (χ2n) is 11.1. The number of alkyl halides is 3. The van der Waals surface area contributed by atoms with E-state index in [0.717, 1.165) is 47.2 Å². The molecule has 0 saturated carbocycles. The van der Waals surface area contributed by atoms with Gasteiger partial charge in [-0.05, 0) is 97.4 Å². The van der Waals surface area contributed by atoms with E-state index in [1.807, 2.05) is 37.3 Å². The van der Waals surface area contributed by atoms with Crippen LogP contribution in [-0.4, -0.2) is 49.6 Å². The zero-order chi connectivity index (χ0) is 32.8. The minimum atomic E-state index is -4.75. The summed E-state index contributed by atoms with van der Waals surface area (Å²) >= 11 is 6.90. The molecule has 1 aliphatic rings. The van der Waals surface area contributed by atoms with E-state index in [4.69, 9.17) is 12.2 Å². The molecule has 3 aromatic carbocycles. The average molecular weight is 667 g/mol. The molecule has 0 radical (unpaired) electrons. The lowest BCUT2D eigenvalue weighted by Gasteiger charge is -2.22. The standard InChI is InChI=1S/C33H33F3N6O2S2/c1-21(2)27-15-10-22(3)17-28(27)42-29(43)19-46-32(42)39-31(45)37-16-5-4-7-23-8-6-9-24(18-23)30-38-20-41(40-30)25-11-13-26(14-12-25)44-33(34,35)36/h6,8-15,17-18,20-21H,4-5,7,16,19H2,1-3H3,(H,37,45). The SMILES string of the molecule is Cc1ccc(C(C)C)c(N2C(=O)CSC2=NC(=S)NCCCCc2cccc(-c3ncn(-c4ccc(OC(F)(F)F)cc4)n3)c2)c1. The van der Waals surface area contributed by atoms with Gasteiger partial charge in [0.15, 0.2) is 16.1 Å². The molecule has 240 valence electrons. The number of ether oxygens (including phenoxy) is 1. The molecular weight excluding hydrogens is 634 g/mol. The highest BCUT2D eigenvalue weighted by atomic mass is 32.2. The summed E-state index contributed by atoms with van der Waals surface area (Å²) in [6.07, 6.45) is -0.624. The molecule has 13 heteroatoms. The van der Waals surface area contributed by atoms with E-state index >= 15 is 0 Å². The molecule has 8 nitrogen and oxygen atoms in total. The first kappa shape index (κ1) is 33.1. The smallest absolute Gasteiger partial charge is 0.406 e. The summed E-state index contributed by atoms with van der Waals surface area (Å²) in [6, 6.07) is 19.5. The maximum Gasteiger partial charge on any atom is 0.573 e. The number of hydrogen-bond acceptors (Lipinski definition) is 6. The van der Waals surface area contributed by atoms with Gasteiger partial charge in [-0.3, -0.25) is 9.69 Å². The molecule has 1 amide bonds. The summed E-state index contributed by atoms with van der Waals surface area (Å²) in [5.41, 5.74) is 5.56. The van der Waals surface area contributed by atoms with Crippen LogP contribution in [0.25, 0.3) is 17.1 Å². The molecule has 46 heavy (non-hydrogen) atoms. The third-order valence-corrected chi connectivity index (χ3v) is 8.35. The van der Waals surface area contributed by atoms with Crippen LogP contribution in [0, 0.1) is 6.92 Å². The summed E-state index contributed by atoms with van der Waals surface area (Å²) < 4.78 is 42.7. The monoisotopic (exact) mass is 666 g/mol. The predicted molar refractivity (Wildman–Crippen MR) is 180 cm³/mol. The van der Waals surface area contributed by atoms with E-state index in [2.05, 4.69) is 51.1 Å². The van der Waals surface area contributed by atoms with Crippen molar-refractivity contribution in [3.63, 3.8) is 0 Å². The van der Waals surface area contributed by atoms with Crippen molar-refractivity contribution in [2.24, 2.45) is 4.99 Å². The number of anilines is 1. The summed E-state index contributed by atoms with van der Waals surface area (Å²) in [4.78, 5) is 23.5. The molecule has 0 bridgehead atoms. The normalized spacial score (nSPS) is 14.4. The van der Waals surface area contributed by atoms with Crippen LogP contribution in [0.15, 0.2) is 78.0 Å². The zero-order valence-electron chi connectivity index (χ0n) is 25.5. The van der Waals surface area contributed by atoms with Gasteiger partial charge in [-0.25, -0.2) is 9.67 Å². The van der Waals surface area contributed by atoms with Gasteiger partial charge in [-0.1, -0.05) is 55.9 Å². The number of nitrogens with zero attached hydrogens (tertiary/aromatic N) is 5. The molecule has 5 rings (SSSR count). The van der Waals surface area contributed by atoms with Crippen LogP contribution in [0.4, 0.5) is 18.9 Å². The summed E-state index contributed by atoms with van der Waals surface area (Å²) in [5.74, 6) is 0.786. The fraction of sp³-hybridized carbons (Fsp3) is 0.303. The first-order valence-corrected chi connectivity index (χ1v) is 16.2. The van der Waals surface area contributed by atoms with Crippen molar-refractivity contribution in [1.82, 2.24) is 20.1 Å². The Morgan fingerprint density at radius 2 is 1.89 bits per heavy atom. The number of halogens is 3. The number of rotatable bonds is 10. The fourth-order valence-corrected chi connectivity index (χ4v) is 6.09. The van der Waals surface area contributed by atoms with Gasteiger partial charge >= 0.3 is 6.36 Å². The molecule has 4 aromatic rings. The molecule has 1 aromatic heterocycles. The Morgan fingerprint density at radius 1 is 1.11 bits per heavy atom. The topological polar surface area (TPSA) is 84.6 Å². The number of carbonyl (C=O) groups excluding carboxylic acids is 1. The Kier molecular flexibility index (Phi) is 10.4. The largest absolute Gasteiger partial charge is 0.573 e. The summed E-state index contributed by atoms with van der Waals surface area (Å²) in [7, 11) is 0. The highest BCUT2D eigenvalue weighted by Gasteiger charge is 2.32. The summed E-state index contributed by atoms with van der Waals surface area (Å²) in [6.45, 7) is 6.88. The number of amides is 1. The first-order chi connectivity index (χ1) is 22.0. The van der Waals surface area contributed by atoms with Crippen molar-refractivity contribution in [2.45, 2.75) is 52.3 Å². The number of aliphatic imine (C=N–C) groups is 1. The lowest BCUT2D eigenvalue weighted by Crippen LogP contribution is -2.32. The van der Waals surface area contributed by atoms with Crippen LogP contribution in [0.1, 0.15) is 49.3 Å². The lowest BCUT2D eigenvalue weighted by atomic mass is 9.99. The van der Waals surface area contributed by atoms with Crippen molar-refractivity contribution in [1.29, 1.82) is 0 Å². The number of nitrogens with one attached hydrogen (secondary N) is 1. The third kappa shape index (κ3) is 8.52. The van der Waals surface area contributed by atoms with E-state index in [1.165, 1.54) is 47.0 Å². The van der Waals surface area contributed by atoms with E-state index in [1.54, 1.807) is 4.90 Å². The minimum Gasteiger partial charge on any atom is -0.406 e. The van der Waals surface area contributed by atoms with Gasteiger partial charge in [0.05, 0.1) is 17.1 Å². The number of amidine groups is 1. The number of hydrogen-bond donors (Lipinski definition) is 1. The van der Waals surface area contributed by atoms with Crippen LogP contribution in [0.2, 0.25) is 0 Å². The van der Waals surface area contributed by atoms with Gasteiger partial charge in [0.25, 0.3) is 0 Å². The molecule has 1 N–H and O–H groups in total. The molecule has 0 unspecified atom stereocenters. The van der Waals surface area contributed by atoms with E-state index in [0.29, 0.717) is 34.1 Å². The van der Waals surface area contributed by atoms with Crippen molar-refractivity contribution < 1.29 is 22.7 Å². The van der Waals surface area contributed by atoms with Crippen LogP contribution in [0.3, 0.4) is 0 Å². The van der Waals surface area contributed by atoms with Crippen molar-refractivity contribution >= 4 is 45.9 Å². The molecule has 2 heterocycles. The molecule has 0 aliphatic carbocycles. The first-order valence-electron chi connectivity index (χ1n) is 14.8. The average Bonchev–Trinajstić information content (AvgIpc) is 3.63. The van der Waals surface area contributed by atoms with Crippen LogP contribution in [0.5, 0.6) is 5.75 Å². The highest BCUT2D eigenvalue weighted by molar-refractivity contribution is 8.15. The van der Waals surface area contributed by atoms with Crippen LogP contribution >= 0.6 is 24.0 Å². The third-order valence-electron chi connectivity index (χ3n) is 7.19.